The number of carbonyl (C=O) groups is 6. The molecule has 4 aliphatic heterocycles. The number of hydrogen-bond acceptors (Lipinski definition) is 14. The number of nitrogens with zero attached hydrogens (tertiary/aromatic N) is 4. The molecule has 0 aromatic heterocycles. The van der Waals surface area contributed by atoms with E-state index in [1.54, 1.807) is 40.5 Å². The van der Waals surface area contributed by atoms with Crippen LogP contribution < -0.4 is 52.3 Å². The monoisotopic (exact) mass is 1350 g/mol. The van der Waals surface area contributed by atoms with E-state index in [0.29, 0.717) is 65.1 Å². The number of rotatable bonds is 18. The molecule has 8 N–H and O–H groups in total. The van der Waals surface area contributed by atoms with Gasteiger partial charge in [0.1, 0.15) is 22.2 Å². The number of nitrogens with one attached hydrogen (secondary N) is 8. The van der Waals surface area contributed by atoms with Crippen LogP contribution in [0.15, 0.2) is 243 Å². The minimum Gasteiger partial charge on any atom is -0.450 e. The van der Waals surface area contributed by atoms with Gasteiger partial charge < -0.3 is 71.6 Å². The Kier molecular flexibility index (Phi) is 27.0. The fourth-order valence-corrected chi connectivity index (χ4v) is 12.8. The van der Waals surface area contributed by atoms with Crippen LogP contribution in [0.4, 0.5) is 55.1 Å². The molecular weight excluding hydrogens is 1260 g/mol. The molecule has 4 saturated heterocycles. The van der Waals surface area contributed by atoms with Gasteiger partial charge >= 0.3 is 12.2 Å². The largest absolute Gasteiger partial charge is 0.450 e. The van der Waals surface area contributed by atoms with Crippen molar-refractivity contribution >= 4 is 81.3 Å². The Balaban J connectivity index is 0.000000156. The number of ether oxygens (including phenoxy) is 2. The number of hydrogen-bond donors (Lipinski definition) is 8. The van der Waals surface area contributed by atoms with Crippen LogP contribution in [-0.4, -0.2) is 147 Å². The number of piperidine rings is 4. The van der Waals surface area contributed by atoms with Crippen molar-refractivity contribution in [1.82, 2.24) is 20.4 Å². The molecule has 0 radical (unpaired) electrons. The molecule has 0 spiro atoms. The topological polar surface area (TPSA) is 230 Å². The van der Waals surface area contributed by atoms with Gasteiger partial charge in [0, 0.05) is 85.8 Å². The summed E-state index contributed by atoms with van der Waals surface area (Å²) in [5, 5.41) is 26.6. The predicted octanol–water partition coefficient (Wildman–Crippen LogP) is 13.2. The van der Waals surface area contributed by atoms with Crippen LogP contribution in [0.25, 0.3) is 0 Å². The van der Waals surface area contributed by atoms with Crippen molar-refractivity contribution < 1.29 is 38.2 Å². The van der Waals surface area contributed by atoms with Gasteiger partial charge in [0.25, 0.3) is 11.8 Å². The molecule has 12 rings (SSSR count). The fourth-order valence-electron chi connectivity index (χ4n) is 12.8. The summed E-state index contributed by atoms with van der Waals surface area (Å²) in [5.41, 5.74) is 4.39. The number of amides is 6. The van der Waals surface area contributed by atoms with Crippen molar-refractivity contribution in [2.24, 2.45) is 0 Å². The third-order valence-electron chi connectivity index (χ3n) is 18.5. The van der Waals surface area contributed by atoms with E-state index in [-0.39, 0.29) is 35.8 Å². The Bertz CT molecular complexity index is 3790. The van der Waals surface area contributed by atoms with Gasteiger partial charge in [-0.05, 0) is 188 Å². The predicted molar refractivity (Wildman–Crippen MR) is 401 cm³/mol. The standard InChI is InChI=1S/C22H27N3O3.C21H25N3O3.C19H23N3O.C18H21N3O/c1-3-28-21(27)25-16-14-22(15-17-25,23-18-10-6-4-7-11-18)20(26)24(2)19-12-8-5-9-13-19;1-2-27-20(26)24-15-13-21(14-16-24,23-18-11-7-4-8-12-18)19(25)22-17-9-5-3-6-10-17;1-22(17-10-6-3-7-11-17)18(23)19(12-14-20-15-13-19)21-16-8-4-2-5-9-16;22-17(20-15-7-3-1-4-8-15)18(11-13-19-14-12-18)21-16-9-5-2-6-10-16/h4-13,23H,3,14-17H2,1-2H3;3-12,23H,2,13-16H2,1H3,(H,22,25);2-11,20-21H,12-15H2,1H3;1-10,19,21H,11-14H2,(H,20,22). The van der Waals surface area contributed by atoms with Gasteiger partial charge in [0.15, 0.2) is 0 Å². The first-order valence-electron chi connectivity index (χ1n) is 34.7. The van der Waals surface area contributed by atoms with E-state index in [2.05, 4.69) is 42.5 Å². The zero-order valence-corrected chi connectivity index (χ0v) is 57.9. The second kappa shape index (κ2) is 36.8. The average molecular weight is 1350 g/mol. The summed E-state index contributed by atoms with van der Waals surface area (Å²) in [6, 6.07) is 77.8. The van der Waals surface area contributed by atoms with Gasteiger partial charge in [0.2, 0.25) is 11.8 Å². The van der Waals surface area contributed by atoms with Gasteiger partial charge in [-0.1, -0.05) is 146 Å². The Labute approximate surface area is 588 Å². The third-order valence-corrected chi connectivity index (χ3v) is 18.5. The van der Waals surface area contributed by atoms with Gasteiger partial charge in [-0.25, -0.2) is 9.59 Å². The summed E-state index contributed by atoms with van der Waals surface area (Å²) in [5.74, 6) is 0.0465. The first kappa shape index (κ1) is 73.5. The molecule has 0 unspecified atom stereocenters. The lowest BCUT2D eigenvalue weighted by Gasteiger charge is -2.43. The maximum absolute atomic E-state index is 13.6. The molecule has 20 nitrogen and oxygen atoms in total. The number of likely N-dealkylation sites (tertiary alicyclic amines) is 2. The molecule has 20 heteroatoms. The minimum absolute atomic E-state index is 0.00828. The maximum Gasteiger partial charge on any atom is 0.409 e. The fraction of sp³-hybridized carbons (Fsp3) is 0.325. The first-order chi connectivity index (χ1) is 48.7. The Morgan fingerprint density at radius 3 is 0.860 bits per heavy atom. The highest BCUT2D eigenvalue weighted by Crippen LogP contribution is 2.34. The second-order valence-electron chi connectivity index (χ2n) is 25.2. The van der Waals surface area contributed by atoms with Crippen molar-refractivity contribution in [1.29, 1.82) is 0 Å². The van der Waals surface area contributed by atoms with Crippen LogP contribution in [-0.2, 0) is 28.7 Å². The van der Waals surface area contributed by atoms with Gasteiger partial charge in [-0.3, -0.25) is 19.2 Å². The molecule has 8 aromatic carbocycles. The van der Waals surface area contributed by atoms with E-state index in [0.717, 1.165) is 97.4 Å². The van der Waals surface area contributed by atoms with Crippen LogP contribution in [0.1, 0.15) is 65.2 Å². The molecule has 4 heterocycles. The van der Waals surface area contributed by atoms with E-state index in [9.17, 15) is 28.8 Å². The highest BCUT2D eigenvalue weighted by molar-refractivity contribution is 6.04. The van der Waals surface area contributed by atoms with Crippen molar-refractivity contribution in [2.75, 3.05) is 121 Å². The van der Waals surface area contributed by atoms with E-state index in [1.165, 1.54) is 0 Å². The molecule has 8 aromatic rings. The normalized spacial score (nSPS) is 16.1. The number of likely N-dealkylation sites (N-methyl/N-ethyl adjacent to an activating group) is 2. The maximum atomic E-state index is 13.6. The lowest BCUT2D eigenvalue weighted by molar-refractivity contribution is -0.124. The lowest BCUT2D eigenvalue weighted by atomic mass is 9.85. The molecule has 4 aliphatic rings. The molecule has 0 saturated carbocycles. The van der Waals surface area contributed by atoms with Crippen molar-refractivity contribution in [2.45, 2.75) is 87.4 Å². The zero-order valence-electron chi connectivity index (χ0n) is 57.9. The van der Waals surface area contributed by atoms with Gasteiger partial charge in [0.05, 0.1) is 13.2 Å². The number of benzene rings is 8. The quantitative estimate of drug-likeness (QED) is 0.0400. The highest BCUT2D eigenvalue weighted by atomic mass is 16.6. The third kappa shape index (κ3) is 20.2. The van der Waals surface area contributed by atoms with E-state index >= 15 is 0 Å². The molecule has 0 bridgehead atoms. The molecule has 4 fully saturated rings. The first-order valence-corrected chi connectivity index (χ1v) is 34.7. The SMILES string of the molecule is CCOC(=O)N1CCC(Nc2ccccc2)(C(=O)N(C)c2ccccc2)CC1.CCOC(=O)N1CCC(Nc2ccccc2)(C(=O)Nc2ccccc2)CC1.CN(C(=O)C1(Nc2ccccc2)CCNCC1)c1ccccc1.O=C(Nc1ccccc1)C1(Nc2ccccc2)CCNCC1. The number of para-hydroxylation sites is 8. The summed E-state index contributed by atoms with van der Waals surface area (Å²) in [7, 11) is 3.65. The van der Waals surface area contributed by atoms with Gasteiger partial charge in [-0.2, -0.15) is 0 Å². The molecule has 100 heavy (non-hydrogen) atoms. The van der Waals surface area contributed by atoms with Crippen LogP contribution in [0.5, 0.6) is 0 Å². The summed E-state index contributed by atoms with van der Waals surface area (Å²) in [6.07, 6.45) is 4.46. The molecule has 6 amide bonds. The van der Waals surface area contributed by atoms with E-state index in [4.69, 9.17) is 9.47 Å². The summed E-state index contributed by atoms with van der Waals surface area (Å²) in [4.78, 5) is 83.8. The lowest BCUT2D eigenvalue weighted by Crippen LogP contribution is -2.59. The Morgan fingerprint density at radius 1 is 0.340 bits per heavy atom. The summed E-state index contributed by atoms with van der Waals surface area (Å²) >= 11 is 0. The zero-order chi connectivity index (χ0) is 70.5. The summed E-state index contributed by atoms with van der Waals surface area (Å²) in [6.45, 7) is 9.47. The van der Waals surface area contributed by atoms with E-state index in [1.807, 2.05) is 250 Å². The van der Waals surface area contributed by atoms with Crippen LogP contribution in [0.3, 0.4) is 0 Å². The Morgan fingerprint density at radius 2 is 0.570 bits per heavy atom. The number of anilines is 8. The Hall–Kier alpha value is -10.7. The van der Waals surface area contributed by atoms with Crippen LogP contribution in [0.2, 0.25) is 0 Å². The number of carbonyl (C=O) groups excluding carboxylic acids is 6. The van der Waals surface area contributed by atoms with Crippen LogP contribution >= 0.6 is 0 Å². The molecular formula is C80H96N12O8. The molecule has 0 aliphatic carbocycles. The molecule has 0 atom stereocenters. The second-order valence-corrected chi connectivity index (χ2v) is 25.2. The average Bonchev–Trinajstić information content (AvgIpc) is 0.804. The highest BCUT2D eigenvalue weighted by Gasteiger charge is 2.46. The minimum atomic E-state index is -0.791. The van der Waals surface area contributed by atoms with Crippen molar-refractivity contribution in [3.63, 3.8) is 0 Å². The van der Waals surface area contributed by atoms with Crippen LogP contribution in [0, 0.1) is 0 Å². The molecule has 524 valence electrons. The van der Waals surface area contributed by atoms with Crippen molar-refractivity contribution in [3.8, 4) is 0 Å². The van der Waals surface area contributed by atoms with E-state index < -0.39 is 22.2 Å². The van der Waals surface area contributed by atoms with Gasteiger partial charge in [-0.15, -0.1) is 0 Å². The summed E-state index contributed by atoms with van der Waals surface area (Å²) < 4.78 is 10.2. The smallest absolute Gasteiger partial charge is 0.409 e. The van der Waals surface area contributed by atoms with Crippen molar-refractivity contribution in [3.05, 3.63) is 243 Å².